The maximum absolute atomic E-state index is 12.8. The molecule has 1 aliphatic rings. The molecule has 9 heteroatoms. The van der Waals surface area contributed by atoms with Crippen LogP contribution in [-0.2, 0) is 22.4 Å². The number of nitrogens with zero attached hydrogens (tertiary/aromatic N) is 3. The molecule has 178 valence electrons. The lowest BCUT2D eigenvalue weighted by atomic mass is 9.78. The average Bonchev–Trinajstić information content (AvgIpc) is 2.99. The van der Waals surface area contributed by atoms with Crippen molar-refractivity contribution in [1.29, 1.82) is 0 Å². The Morgan fingerprint density at radius 2 is 1.78 bits per heavy atom. The Balaban J connectivity index is 1.72. The number of pyridine rings is 1. The molecule has 1 fully saturated rings. The summed E-state index contributed by atoms with van der Waals surface area (Å²) in [7, 11) is 0. The van der Waals surface area contributed by atoms with Gasteiger partial charge in [0.1, 0.15) is 22.7 Å². The largest absolute Gasteiger partial charge is 0.417 e. The Bertz CT molecular complexity index is 986. The molecule has 1 saturated carbocycles. The molecule has 6 nitrogen and oxygen atoms in total. The maximum Gasteiger partial charge on any atom is 0.417 e. The molecule has 0 bridgehead atoms. The Labute approximate surface area is 185 Å². The Kier molecular flexibility index (Phi) is 6.47. The Hall–Kier alpha value is -2.00. The van der Waals surface area contributed by atoms with Gasteiger partial charge in [-0.05, 0) is 71.9 Å². The van der Waals surface area contributed by atoms with E-state index in [1.807, 2.05) is 6.07 Å². The summed E-state index contributed by atoms with van der Waals surface area (Å²) in [6, 6.07) is 3.61. The van der Waals surface area contributed by atoms with Gasteiger partial charge in [0.25, 0.3) is 0 Å². The van der Waals surface area contributed by atoms with Crippen molar-refractivity contribution in [2.24, 2.45) is 0 Å². The molecule has 0 aliphatic heterocycles. The fraction of sp³-hybridized carbons (Fsp3) is 0.696. The highest BCUT2D eigenvalue weighted by atomic mass is 19.4. The first-order valence-corrected chi connectivity index (χ1v) is 11.1. The van der Waals surface area contributed by atoms with Gasteiger partial charge in [-0.1, -0.05) is 0 Å². The number of alkyl halides is 3. The van der Waals surface area contributed by atoms with E-state index in [0.29, 0.717) is 31.9 Å². The SMILES string of the molecule is CC(C)(O)c1ccc2nc(CCCCC(=O)CC(C)(O)C(F)(F)F)n(C3(C)CCC3)c2n1. The van der Waals surface area contributed by atoms with Gasteiger partial charge in [-0.15, -0.1) is 0 Å². The number of hydrogen-bond acceptors (Lipinski definition) is 5. The van der Waals surface area contributed by atoms with E-state index >= 15 is 0 Å². The zero-order chi connectivity index (χ0) is 23.9. The molecule has 32 heavy (non-hydrogen) atoms. The average molecular weight is 456 g/mol. The zero-order valence-corrected chi connectivity index (χ0v) is 19.1. The summed E-state index contributed by atoms with van der Waals surface area (Å²) in [5.41, 5.74) is -2.18. The Morgan fingerprint density at radius 1 is 1.12 bits per heavy atom. The number of Topliss-reactive ketones (excluding diaryl/α,β-unsaturated/α-hetero) is 1. The highest BCUT2D eigenvalue weighted by molar-refractivity contribution is 5.79. The first-order chi connectivity index (χ1) is 14.6. The van der Waals surface area contributed by atoms with Gasteiger partial charge in [-0.2, -0.15) is 13.2 Å². The highest BCUT2D eigenvalue weighted by Crippen LogP contribution is 2.42. The lowest BCUT2D eigenvalue weighted by Gasteiger charge is -2.41. The molecular formula is C23H32F3N3O3. The minimum absolute atomic E-state index is 0.0230. The van der Waals surface area contributed by atoms with E-state index in [0.717, 1.165) is 36.3 Å². The lowest BCUT2D eigenvalue weighted by molar-refractivity contribution is -0.253. The van der Waals surface area contributed by atoms with Crippen molar-refractivity contribution < 1.29 is 28.2 Å². The van der Waals surface area contributed by atoms with Gasteiger partial charge in [-0.3, -0.25) is 4.79 Å². The molecule has 0 saturated heterocycles. The van der Waals surface area contributed by atoms with Crippen LogP contribution in [0.4, 0.5) is 13.2 Å². The summed E-state index contributed by atoms with van der Waals surface area (Å²) < 4.78 is 40.4. The van der Waals surface area contributed by atoms with E-state index in [1.54, 1.807) is 19.9 Å². The van der Waals surface area contributed by atoms with Crippen LogP contribution in [0.3, 0.4) is 0 Å². The first kappa shape index (κ1) is 24.6. The van der Waals surface area contributed by atoms with Crippen LogP contribution in [0, 0.1) is 0 Å². The fourth-order valence-electron chi connectivity index (χ4n) is 4.17. The van der Waals surface area contributed by atoms with Crippen LogP contribution in [0.5, 0.6) is 0 Å². The van der Waals surface area contributed by atoms with Crippen molar-refractivity contribution in [1.82, 2.24) is 14.5 Å². The number of aryl methyl sites for hydroxylation is 1. The number of imidazole rings is 1. The van der Waals surface area contributed by atoms with Crippen LogP contribution in [0.1, 0.15) is 84.2 Å². The van der Waals surface area contributed by atoms with Crippen molar-refractivity contribution in [3.63, 3.8) is 0 Å². The zero-order valence-electron chi connectivity index (χ0n) is 19.1. The lowest BCUT2D eigenvalue weighted by Crippen LogP contribution is -2.43. The third-order valence-corrected chi connectivity index (χ3v) is 6.43. The van der Waals surface area contributed by atoms with Gasteiger partial charge < -0.3 is 14.8 Å². The molecule has 0 aromatic carbocycles. The molecule has 1 atom stereocenters. The molecule has 2 aromatic rings. The summed E-state index contributed by atoms with van der Waals surface area (Å²) in [5, 5.41) is 19.9. The number of halogens is 3. The molecule has 0 radical (unpaired) electrons. The molecule has 0 amide bonds. The summed E-state index contributed by atoms with van der Waals surface area (Å²) in [4.78, 5) is 21.4. The van der Waals surface area contributed by atoms with Gasteiger partial charge >= 0.3 is 6.18 Å². The van der Waals surface area contributed by atoms with Crippen LogP contribution >= 0.6 is 0 Å². The van der Waals surface area contributed by atoms with Gasteiger partial charge in [0, 0.05) is 24.8 Å². The number of rotatable bonds is 9. The van der Waals surface area contributed by atoms with Crippen molar-refractivity contribution in [2.45, 2.75) is 102 Å². The minimum Gasteiger partial charge on any atom is -0.384 e. The van der Waals surface area contributed by atoms with E-state index in [2.05, 4.69) is 11.5 Å². The van der Waals surface area contributed by atoms with Crippen LogP contribution in [0.15, 0.2) is 12.1 Å². The second-order valence-electron chi connectivity index (χ2n) is 10.0. The predicted octanol–water partition coefficient (Wildman–Crippen LogP) is 4.54. The number of carbonyl (C=O) groups excluding carboxylic acids is 1. The van der Waals surface area contributed by atoms with Crippen LogP contribution in [-0.4, -0.2) is 42.3 Å². The molecule has 3 rings (SSSR count). The summed E-state index contributed by atoms with van der Waals surface area (Å²) >= 11 is 0. The second kappa shape index (κ2) is 8.41. The van der Waals surface area contributed by atoms with Crippen LogP contribution in [0.25, 0.3) is 11.2 Å². The van der Waals surface area contributed by atoms with E-state index in [9.17, 15) is 28.2 Å². The standard InChI is InChI=1S/C23H32F3N3O3/c1-20(2,31)17-11-10-16-19(28-17)29(21(3)12-7-13-21)18(27-16)9-6-5-8-15(30)14-22(4,32)23(24,25)26/h10-11,31-32H,5-9,12-14H2,1-4H3. The predicted molar refractivity (Wildman–Crippen MR) is 114 cm³/mol. The maximum atomic E-state index is 12.8. The van der Waals surface area contributed by atoms with E-state index < -0.39 is 29.6 Å². The third kappa shape index (κ3) is 4.98. The number of fused-ring (bicyclic) bond motifs is 1. The van der Waals surface area contributed by atoms with Crippen LogP contribution < -0.4 is 0 Å². The van der Waals surface area contributed by atoms with E-state index in [1.165, 1.54) is 0 Å². The third-order valence-electron chi connectivity index (χ3n) is 6.43. The number of aliphatic hydroxyl groups is 2. The Morgan fingerprint density at radius 3 is 2.31 bits per heavy atom. The van der Waals surface area contributed by atoms with E-state index in [4.69, 9.17) is 9.97 Å². The molecular weight excluding hydrogens is 423 g/mol. The highest BCUT2D eigenvalue weighted by Gasteiger charge is 2.50. The topological polar surface area (TPSA) is 88.2 Å². The number of carbonyl (C=O) groups is 1. The number of unbranched alkanes of at least 4 members (excludes halogenated alkanes) is 1. The van der Waals surface area contributed by atoms with Crippen molar-refractivity contribution in [3.05, 3.63) is 23.7 Å². The van der Waals surface area contributed by atoms with Gasteiger partial charge in [0.15, 0.2) is 11.2 Å². The minimum atomic E-state index is -4.83. The van der Waals surface area contributed by atoms with E-state index in [-0.39, 0.29) is 12.0 Å². The molecule has 2 N–H and O–H groups in total. The quantitative estimate of drug-likeness (QED) is 0.542. The fourth-order valence-corrected chi connectivity index (χ4v) is 4.17. The molecule has 0 spiro atoms. The number of ketones is 1. The first-order valence-electron chi connectivity index (χ1n) is 11.1. The summed E-state index contributed by atoms with van der Waals surface area (Å²) in [5.74, 6) is 0.223. The van der Waals surface area contributed by atoms with Crippen molar-refractivity contribution >= 4 is 16.9 Å². The van der Waals surface area contributed by atoms with Gasteiger partial charge in [-0.25, -0.2) is 9.97 Å². The second-order valence-corrected chi connectivity index (χ2v) is 10.0. The van der Waals surface area contributed by atoms with Gasteiger partial charge in [0.2, 0.25) is 0 Å². The van der Waals surface area contributed by atoms with Crippen molar-refractivity contribution in [3.8, 4) is 0 Å². The smallest absolute Gasteiger partial charge is 0.384 e. The van der Waals surface area contributed by atoms with Gasteiger partial charge in [0.05, 0.1) is 5.69 Å². The van der Waals surface area contributed by atoms with Crippen LogP contribution in [0.2, 0.25) is 0 Å². The molecule has 1 aliphatic carbocycles. The molecule has 2 aromatic heterocycles. The molecule has 2 heterocycles. The summed E-state index contributed by atoms with van der Waals surface area (Å²) in [6.45, 7) is 6.14. The normalized spacial score (nSPS) is 18.4. The number of hydrogen-bond donors (Lipinski definition) is 2. The number of aromatic nitrogens is 3. The summed E-state index contributed by atoms with van der Waals surface area (Å²) in [6.07, 6.45) is -1.15. The molecule has 1 unspecified atom stereocenters. The van der Waals surface area contributed by atoms with Crippen molar-refractivity contribution in [2.75, 3.05) is 0 Å². The monoisotopic (exact) mass is 455 g/mol.